The van der Waals surface area contributed by atoms with Crippen LogP contribution in [0.5, 0.6) is 0 Å². The van der Waals surface area contributed by atoms with Crippen LogP contribution in [0.25, 0.3) is 0 Å². The Morgan fingerprint density at radius 3 is 2.40 bits per heavy atom. The van der Waals surface area contributed by atoms with E-state index in [-0.39, 0.29) is 5.91 Å². The van der Waals surface area contributed by atoms with Crippen molar-refractivity contribution in [3.05, 3.63) is 76.4 Å². The maximum Gasteiger partial charge on any atom is 0.231 e. The molecule has 2 nitrogen and oxygen atoms in total. The van der Waals surface area contributed by atoms with Crippen LogP contribution >= 0.6 is 22.6 Å². The van der Waals surface area contributed by atoms with Crippen molar-refractivity contribution in [2.75, 3.05) is 4.90 Å². The van der Waals surface area contributed by atoms with E-state index in [1.165, 1.54) is 0 Å². The minimum Gasteiger partial charge on any atom is -0.307 e. The van der Waals surface area contributed by atoms with Crippen LogP contribution in [0.4, 0.5) is 5.69 Å². The summed E-state index contributed by atoms with van der Waals surface area (Å²) >= 11 is 2.26. The van der Waals surface area contributed by atoms with E-state index in [1.54, 1.807) is 6.08 Å². The highest BCUT2D eigenvalue weighted by Gasteiger charge is 2.16. The molecular weight excluding hydrogens is 361 g/mol. The lowest BCUT2D eigenvalue weighted by atomic mass is 10.2. The van der Waals surface area contributed by atoms with Crippen LogP contribution in [0.2, 0.25) is 0 Å². The Bertz CT molecular complexity index is 595. The third-order valence-electron chi connectivity index (χ3n) is 2.95. The van der Waals surface area contributed by atoms with Gasteiger partial charge in [-0.25, -0.2) is 0 Å². The molecule has 0 bridgehead atoms. The minimum absolute atomic E-state index is 0.0629. The molecule has 0 aromatic heterocycles. The van der Waals surface area contributed by atoms with Crippen LogP contribution in [-0.2, 0) is 11.3 Å². The van der Waals surface area contributed by atoms with Gasteiger partial charge in [0.25, 0.3) is 0 Å². The van der Waals surface area contributed by atoms with Crippen molar-refractivity contribution in [1.29, 1.82) is 0 Å². The second kappa shape index (κ2) is 7.24. The molecule has 0 aliphatic carbocycles. The van der Waals surface area contributed by atoms with Gasteiger partial charge in [-0.15, -0.1) is 6.58 Å². The van der Waals surface area contributed by atoms with Crippen LogP contribution in [-0.4, -0.2) is 5.91 Å². The summed E-state index contributed by atoms with van der Waals surface area (Å²) in [6, 6.07) is 17.9. The molecule has 0 spiro atoms. The van der Waals surface area contributed by atoms with Gasteiger partial charge in [0.2, 0.25) is 5.91 Å². The molecule has 0 radical (unpaired) electrons. The number of rotatable bonds is 5. The van der Waals surface area contributed by atoms with Crippen molar-refractivity contribution in [2.24, 2.45) is 0 Å². The first-order chi connectivity index (χ1) is 9.72. The smallest absolute Gasteiger partial charge is 0.231 e. The average Bonchev–Trinajstić information content (AvgIpc) is 2.47. The highest BCUT2D eigenvalue weighted by atomic mass is 127. The highest BCUT2D eigenvalue weighted by molar-refractivity contribution is 14.1. The minimum atomic E-state index is 0.0629. The van der Waals surface area contributed by atoms with E-state index in [0.29, 0.717) is 13.0 Å². The summed E-state index contributed by atoms with van der Waals surface area (Å²) in [5.74, 6) is 0.0629. The van der Waals surface area contributed by atoms with E-state index in [2.05, 4.69) is 29.2 Å². The summed E-state index contributed by atoms with van der Waals surface area (Å²) in [6.07, 6.45) is 1.99. The molecule has 0 fully saturated rings. The molecule has 102 valence electrons. The SMILES string of the molecule is C=CCC(=O)N(Cc1ccccc1)c1ccccc1I. The first-order valence-corrected chi connectivity index (χ1v) is 7.50. The predicted molar refractivity (Wildman–Crippen MR) is 91.6 cm³/mol. The number of carbonyl (C=O) groups is 1. The Kier molecular flexibility index (Phi) is 5.35. The summed E-state index contributed by atoms with van der Waals surface area (Å²) < 4.78 is 1.07. The van der Waals surface area contributed by atoms with Gasteiger partial charge in [-0.2, -0.15) is 0 Å². The first-order valence-electron chi connectivity index (χ1n) is 6.42. The van der Waals surface area contributed by atoms with Gasteiger partial charge >= 0.3 is 0 Å². The molecule has 1 amide bonds. The summed E-state index contributed by atoms with van der Waals surface area (Å²) in [7, 11) is 0. The zero-order chi connectivity index (χ0) is 14.4. The van der Waals surface area contributed by atoms with E-state index < -0.39 is 0 Å². The van der Waals surface area contributed by atoms with Gasteiger partial charge in [-0.3, -0.25) is 4.79 Å². The Hall–Kier alpha value is -1.62. The van der Waals surface area contributed by atoms with Crippen LogP contribution in [0.1, 0.15) is 12.0 Å². The normalized spacial score (nSPS) is 10.1. The lowest BCUT2D eigenvalue weighted by molar-refractivity contribution is -0.117. The molecule has 2 aromatic carbocycles. The maximum atomic E-state index is 12.4. The average molecular weight is 377 g/mol. The summed E-state index contributed by atoms with van der Waals surface area (Å²) in [5.41, 5.74) is 2.06. The van der Waals surface area contributed by atoms with E-state index in [0.717, 1.165) is 14.8 Å². The third kappa shape index (κ3) is 3.70. The largest absolute Gasteiger partial charge is 0.307 e. The van der Waals surface area contributed by atoms with Crippen molar-refractivity contribution >= 4 is 34.2 Å². The van der Waals surface area contributed by atoms with E-state index in [9.17, 15) is 4.79 Å². The van der Waals surface area contributed by atoms with Crippen molar-refractivity contribution < 1.29 is 4.79 Å². The second-order valence-corrected chi connectivity index (χ2v) is 5.57. The Morgan fingerprint density at radius 1 is 1.10 bits per heavy atom. The number of hydrogen-bond acceptors (Lipinski definition) is 1. The van der Waals surface area contributed by atoms with Gasteiger partial charge in [0.15, 0.2) is 0 Å². The fourth-order valence-corrected chi connectivity index (χ4v) is 2.66. The zero-order valence-electron chi connectivity index (χ0n) is 11.1. The van der Waals surface area contributed by atoms with Crippen molar-refractivity contribution in [3.8, 4) is 0 Å². The molecule has 2 aromatic rings. The molecule has 0 saturated heterocycles. The van der Waals surface area contributed by atoms with E-state index in [1.807, 2.05) is 59.5 Å². The monoisotopic (exact) mass is 377 g/mol. The molecule has 0 aliphatic rings. The molecule has 0 heterocycles. The Morgan fingerprint density at radius 2 is 1.75 bits per heavy atom. The molecule has 0 aliphatic heterocycles. The van der Waals surface area contributed by atoms with Crippen molar-refractivity contribution in [2.45, 2.75) is 13.0 Å². The molecule has 0 N–H and O–H groups in total. The molecule has 0 saturated carbocycles. The van der Waals surface area contributed by atoms with Gasteiger partial charge in [0.05, 0.1) is 12.2 Å². The van der Waals surface area contributed by atoms with Crippen LogP contribution in [0, 0.1) is 3.57 Å². The lowest BCUT2D eigenvalue weighted by Crippen LogP contribution is -2.30. The fraction of sp³-hybridized carbons (Fsp3) is 0.118. The predicted octanol–water partition coefficient (Wildman–Crippen LogP) is 4.40. The molecule has 0 unspecified atom stereocenters. The van der Waals surface area contributed by atoms with E-state index >= 15 is 0 Å². The number of nitrogens with zero attached hydrogens (tertiary/aromatic N) is 1. The third-order valence-corrected chi connectivity index (χ3v) is 3.86. The molecule has 2 rings (SSSR count). The number of para-hydroxylation sites is 1. The number of amides is 1. The second-order valence-electron chi connectivity index (χ2n) is 4.41. The number of anilines is 1. The number of carbonyl (C=O) groups excluding carboxylic acids is 1. The van der Waals surface area contributed by atoms with Gasteiger partial charge in [-0.1, -0.05) is 48.5 Å². The molecule has 0 atom stereocenters. The van der Waals surface area contributed by atoms with Gasteiger partial charge in [0.1, 0.15) is 0 Å². The fourth-order valence-electron chi connectivity index (χ4n) is 1.98. The molecular formula is C17H16INO. The topological polar surface area (TPSA) is 20.3 Å². The Labute approximate surface area is 133 Å². The van der Waals surface area contributed by atoms with E-state index in [4.69, 9.17) is 0 Å². The summed E-state index contributed by atoms with van der Waals surface area (Å²) in [6.45, 7) is 4.23. The number of hydrogen-bond donors (Lipinski definition) is 0. The van der Waals surface area contributed by atoms with Crippen LogP contribution in [0.3, 0.4) is 0 Å². The highest BCUT2D eigenvalue weighted by Crippen LogP contribution is 2.24. The van der Waals surface area contributed by atoms with Crippen molar-refractivity contribution in [3.63, 3.8) is 0 Å². The first kappa shape index (κ1) is 14.8. The molecule has 20 heavy (non-hydrogen) atoms. The van der Waals surface area contributed by atoms with Gasteiger partial charge in [-0.05, 0) is 40.3 Å². The zero-order valence-corrected chi connectivity index (χ0v) is 13.3. The number of benzene rings is 2. The van der Waals surface area contributed by atoms with Gasteiger partial charge < -0.3 is 4.90 Å². The standard InChI is InChI=1S/C17H16INO/c1-2-8-17(20)19(13-14-9-4-3-5-10-14)16-12-7-6-11-15(16)18/h2-7,9-12H,1,8,13H2. The van der Waals surface area contributed by atoms with Gasteiger partial charge in [0, 0.05) is 9.99 Å². The quantitative estimate of drug-likeness (QED) is 0.559. The summed E-state index contributed by atoms with van der Waals surface area (Å²) in [5, 5.41) is 0. The maximum absolute atomic E-state index is 12.4. The molecule has 3 heteroatoms. The summed E-state index contributed by atoms with van der Waals surface area (Å²) in [4.78, 5) is 14.2. The lowest BCUT2D eigenvalue weighted by Gasteiger charge is -2.23. The van der Waals surface area contributed by atoms with Crippen LogP contribution in [0.15, 0.2) is 67.3 Å². The number of halogens is 1. The van der Waals surface area contributed by atoms with Crippen LogP contribution < -0.4 is 4.90 Å². The Balaban J connectivity index is 2.32. The van der Waals surface area contributed by atoms with Crippen molar-refractivity contribution in [1.82, 2.24) is 0 Å².